The number of hydrogen-bond donors (Lipinski definition) is 1. The summed E-state index contributed by atoms with van der Waals surface area (Å²) < 4.78 is 0. The Morgan fingerprint density at radius 1 is 1.50 bits per heavy atom. The minimum Gasteiger partial charge on any atom is -0.385 e. The van der Waals surface area contributed by atoms with Crippen LogP contribution in [0.2, 0.25) is 5.15 Å². The zero-order valence-corrected chi connectivity index (χ0v) is 7.38. The molecule has 0 aromatic carbocycles. The molecule has 1 N–H and O–H groups in total. The summed E-state index contributed by atoms with van der Waals surface area (Å²) in [6, 6.07) is 3.64. The number of aromatic nitrogens is 1. The second kappa shape index (κ2) is 2.71. The highest BCUT2D eigenvalue weighted by Crippen LogP contribution is 2.42. The monoisotopic (exact) mass is 183 g/mol. The normalized spacial score (nSPS) is 20.2. The summed E-state index contributed by atoms with van der Waals surface area (Å²) in [5, 5.41) is 10.4. The van der Waals surface area contributed by atoms with Gasteiger partial charge in [-0.05, 0) is 25.3 Å². The number of pyridine rings is 1. The number of aliphatic hydroxyl groups is 1. The number of hydrogen-bond acceptors (Lipinski definition) is 2. The van der Waals surface area contributed by atoms with Crippen molar-refractivity contribution < 1.29 is 5.11 Å². The SMILES string of the molecule is OC1(c2cccnc2Cl)CCC1. The van der Waals surface area contributed by atoms with Crippen molar-refractivity contribution in [3.8, 4) is 0 Å². The lowest BCUT2D eigenvalue weighted by Gasteiger charge is -2.37. The van der Waals surface area contributed by atoms with Crippen LogP contribution in [0.3, 0.4) is 0 Å². The number of rotatable bonds is 1. The Kier molecular flexibility index (Phi) is 1.81. The Balaban J connectivity index is 2.39. The fourth-order valence-electron chi connectivity index (χ4n) is 1.51. The molecule has 64 valence electrons. The van der Waals surface area contributed by atoms with Crippen LogP contribution in [-0.2, 0) is 5.60 Å². The first-order chi connectivity index (χ1) is 5.72. The molecule has 1 aliphatic rings. The Morgan fingerprint density at radius 2 is 2.25 bits per heavy atom. The maximum absolute atomic E-state index is 9.94. The molecule has 0 aliphatic heterocycles. The predicted octanol–water partition coefficient (Wildman–Crippen LogP) is 2.11. The topological polar surface area (TPSA) is 33.1 Å². The average molecular weight is 184 g/mol. The average Bonchev–Trinajstić information content (AvgIpc) is 2.01. The Bertz CT molecular complexity index is 296. The van der Waals surface area contributed by atoms with Crippen LogP contribution in [0.1, 0.15) is 24.8 Å². The van der Waals surface area contributed by atoms with E-state index in [0.717, 1.165) is 24.8 Å². The third kappa shape index (κ3) is 1.11. The van der Waals surface area contributed by atoms with E-state index in [9.17, 15) is 5.11 Å². The lowest BCUT2D eigenvalue weighted by atomic mass is 9.76. The summed E-state index contributed by atoms with van der Waals surface area (Å²) >= 11 is 5.85. The molecule has 0 spiro atoms. The second-order valence-corrected chi connectivity index (χ2v) is 3.58. The molecule has 0 atom stereocenters. The Hall–Kier alpha value is -0.600. The van der Waals surface area contributed by atoms with Crippen molar-refractivity contribution in [3.05, 3.63) is 29.0 Å². The van der Waals surface area contributed by atoms with Gasteiger partial charge in [-0.25, -0.2) is 4.98 Å². The number of nitrogens with zero attached hydrogens (tertiary/aromatic N) is 1. The first-order valence-corrected chi connectivity index (χ1v) is 4.43. The molecule has 1 aliphatic carbocycles. The molecule has 0 amide bonds. The first-order valence-electron chi connectivity index (χ1n) is 4.06. The van der Waals surface area contributed by atoms with Crippen LogP contribution in [0.5, 0.6) is 0 Å². The van der Waals surface area contributed by atoms with Crippen molar-refractivity contribution in [2.45, 2.75) is 24.9 Å². The lowest BCUT2D eigenvalue weighted by molar-refractivity contribution is -0.0389. The second-order valence-electron chi connectivity index (χ2n) is 3.23. The number of halogens is 1. The van der Waals surface area contributed by atoms with Gasteiger partial charge in [0, 0.05) is 11.8 Å². The summed E-state index contributed by atoms with van der Waals surface area (Å²) in [5.41, 5.74) is 0.0867. The van der Waals surface area contributed by atoms with E-state index in [0.29, 0.717) is 5.15 Å². The van der Waals surface area contributed by atoms with E-state index < -0.39 is 5.60 Å². The van der Waals surface area contributed by atoms with Crippen LogP contribution >= 0.6 is 11.6 Å². The van der Waals surface area contributed by atoms with Crippen LogP contribution < -0.4 is 0 Å². The molecule has 1 aromatic heterocycles. The molecule has 1 saturated carbocycles. The van der Waals surface area contributed by atoms with Gasteiger partial charge >= 0.3 is 0 Å². The highest BCUT2D eigenvalue weighted by atomic mass is 35.5. The van der Waals surface area contributed by atoms with E-state index in [1.807, 2.05) is 6.07 Å². The lowest BCUT2D eigenvalue weighted by Crippen LogP contribution is -2.34. The van der Waals surface area contributed by atoms with Gasteiger partial charge in [0.2, 0.25) is 0 Å². The van der Waals surface area contributed by atoms with Crippen LogP contribution in [0.15, 0.2) is 18.3 Å². The summed E-state index contributed by atoms with van der Waals surface area (Å²) in [6.07, 6.45) is 4.31. The van der Waals surface area contributed by atoms with E-state index in [2.05, 4.69) is 4.98 Å². The van der Waals surface area contributed by atoms with Gasteiger partial charge in [-0.2, -0.15) is 0 Å². The quantitative estimate of drug-likeness (QED) is 0.677. The molecular weight excluding hydrogens is 174 g/mol. The third-order valence-electron chi connectivity index (χ3n) is 2.44. The molecular formula is C9H10ClNO. The predicted molar refractivity (Wildman–Crippen MR) is 47.0 cm³/mol. The summed E-state index contributed by atoms with van der Waals surface area (Å²) in [5.74, 6) is 0. The van der Waals surface area contributed by atoms with Gasteiger partial charge in [-0.15, -0.1) is 0 Å². The van der Waals surface area contributed by atoms with Gasteiger partial charge in [0.1, 0.15) is 5.15 Å². The van der Waals surface area contributed by atoms with Crippen LogP contribution in [0.4, 0.5) is 0 Å². The molecule has 1 aromatic rings. The standard InChI is InChI=1S/C9H10ClNO/c10-8-7(3-1-6-11-8)9(12)4-2-5-9/h1,3,6,12H,2,4-5H2. The molecule has 1 heterocycles. The molecule has 0 radical (unpaired) electrons. The van der Waals surface area contributed by atoms with E-state index in [1.165, 1.54) is 0 Å². The van der Waals surface area contributed by atoms with Crippen molar-refractivity contribution in [1.29, 1.82) is 0 Å². The first kappa shape index (κ1) is 8.02. The summed E-state index contributed by atoms with van der Waals surface area (Å²) in [6.45, 7) is 0. The smallest absolute Gasteiger partial charge is 0.135 e. The van der Waals surface area contributed by atoms with Crippen molar-refractivity contribution in [2.75, 3.05) is 0 Å². The fourth-order valence-corrected chi connectivity index (χ4v) is 1.81. The molecule has 3 heteroatoms. The Labute approximate surface area is 76.2 Å². The van der Waals surface area contributed by atoms with Gasteiger partial charge in [0.25, 0.3) is 0 Å². The molecule has 0 saturated heterocycles. The van der Waals surface area contributed by atoms with Gasteiger partial charge in [-0.3, -0.25) is 0 Å². The Morgan fingerprint density at radius 3 is 2.75 bits per heavy atom. The van der Waals surface area contributed by atoms with Crippen molar-refractivity contribution in [2.24, 2.45) is 0 Å². The van der Waals surface area contributed by atoms with Gasteiger partial charge in [-0.1, -0.05) is 17.7 Å². The van der Waals surface area contributed by atoms with E-state index in [1.54, 1.807) is 12.3 Å². The third-order valence-corrected chi connectivity index (χ3v) is 2.74. The van der Waals surface area contributed by atoms with Crippen LogP contribution in [0.25, 0.3) is 0 Å². The zero-order valence-electron chi connectivity index (χ0n) is 6.63. The molecule has 0 unspecified atom stereocenters. The van der Waals surface area contributed by atoms with E-state index >= 15 is 0 Å². The maximum Gasteiger partial charge on any atom is 0.135 e. The zero-order chi connectivity index (χ0) is 8.60. The maximum atomic E-state index is 9.94. The fraction of sp³-hybridized carbons (Fsp3) is 0.444. The minimum atomic E-state index is -0.689. The molecule has 2 rings (SSSR count). The van der Waals surface area contributed by atoms with E-state index in [-0.39, 0.29) is 0 Å². The van der Waals surface area contributed by atoms with Crippen LogP contribution in [0, 0.1) is 0 Å². The largest absolute Gasteiger partial charge is 0.385 e. The summed E-state index contributed by atoms with van der Waals surface area (Å²) in [7, 11) is 0. The highest BCUT2D eigenvalue weighted by molar-refractivity contribution is 6.30. The summed E-state index contributed by atoms with van der Waals surface area (Å²) in [4.78, 5) is 3.93. The molecule has 2 nitrogen and oxygen atoms in total. The molecule has 12 heavy (non-hydrogen) atoms. The van der Waals surface area contributed by atoms with E-state index in [4.69, 9.17) is 11.6 Å². The van der Waals surface area contributed by atoms with Gasteiger partial charge in [0.05, 0.1) is 5.60 Å². The van der Waals surface area contributed by atoms with Crippen molar-refractivity contribution in [3.63, 3.8) is 0 Å². The molecule has 1 fully saturated rings. The van der Waals surface area contributed by atoms with Gasteiger partial charge in [0.15, 0.2) is 0 Å². The van der Waals surface area contributed by atoms with Crippen molar-refractivity contribution in [1.82, 2.24) is 4.98 Å². The minimum absolute atomic E-state index is 0.430. The van der Waals surface area contributed by atoms with Crippen molar-refractivity contribution >= 4 is 11.6 Å². The molecule has 0 bridgehead atoms. The van der Waals surface area contributed by atoms with Gasteiger partial charge < -0.3 is 5.11 Å². The van der Waals surface area contributed by atoms with Crippen LogP contribution in [-0.4, -0.2) is 10.1 Å². The highest BCUT2D eigenvalue weighted by Gasteiger charge is 2.37.